The smallest absolute Gasteiger partial charge is 0.211 e. The number of isocyanates is 2. The molecule has 0 atom stereocenters. The Bertz CT molecular complexity index is 156. The molecule has 0 aromatic heterocycles. The van der Waals surface area contributed by atoms with E-state index in [1.165, 1.54) is 12.2 Å². The van der Waals surface area contributed by atoms with E-state index in [0.717, 1.165) is 6.42 Å². The average molecular weight is 156 g/mol. The van der Waals surface area contributed by atoms with Crippen molar-refractivity contribution >= 4 is 12.2 Å². The molecule has 0 unspecified atom stereocenters. The lowest BCUT2D eigenvalue weighted by Gasteiger charge is -1.71. The van der Waals surface area contributed by atoms with Crippen LogP contribution in [0.3, 0.4) is 0 Å². The highest BCUT2D eigenvalue weighted by Crippen LogP contribution is 1.70. The average Bonchev–Trinajstić information content (AvgIpc) is 2.04. The fraction of sp³-hybridized carbons (Fsp3) is 0.714. The van der Waals surface area contributed by atoms with Gasteiger partial charge in [0.1, 0.15) is 0 Å². The SMILES string of the molecule is CCCN=C=O.CCN=C=O. The van der Waals surface area contributed by atoms with Crippen molar-refractivity contribution in [2.75, 3.05) is 13.1 Å². The van der Waals surface area contributed by atoms with Crippen LogP contribution in [0.4, 0.5) is 0 Å². The zero-order chi connectivity index (χ0) is 8.95. The molecule has 4 nitrogen and oxygen atoms in total. The van der Waals surface area contributed by atoms with Crippen molar-refractivity contribution in [3.63, 3.8) is 0 Å². The second-order valence-electron chi connectivity index (χ2n) is 1.54. The summed E-state index contributed by atoms with van der Waals surface area (Å²) in [6.45, 7) is 4.90. The van der Waals surface area contributed by atoms with Gasteiger partial charge in [-0.3, -0.25) is 0 Å². The van der Waals surface area contributed by atoms with Gasteiger partial charge in [-0.15, -0.1) is 0 Å². The van der Waals surface area contributed by atoms with E-state index >= 15 is 0 Å². The number of rotatable bonds is 3. The summed E-state index contributed by atoms with van der Waals surface area (Å²) >= 11 is 0. The molecule has 0 N–H and O–H groups in total. The molecular formula is C7H12N2O2. The predicted molar refractivity (Wildman–Crippen MR) is 41.9 cm³/mol. The minimum absolute atomic E-state index is 0.545. The van der Waals surface area contributed by atoms with Gasteiger partial charge in [-0.2, -0.15) is 0 Å². The quantitative estimate of drug-likeness (QED) is 0.453. The molecule has 0 bridgehead atoms. The molecule has 0 saturated heterocycles. The zero-order valence-electron chi connectivity index (χ0n) is 6.83. The molecule has 62 valence electrons. The van der Waals surface area contributed by atoms with Crippen molar-refractivity contribution in [1.29, 1.82) is 0 Å². The second kappa shape index (κ2) is 15.9. The lowest BCUT2D eigenvalue weighted by atomic mass is 10.5. The van der Waals surface area contributed by atoms with E-state index in [1.807, 2.05) is 6.92 Å². The van der Waals surface area contributed by atoms with Gasteiger partial charge in [-0.25, -0.2) is 19.6 Å². The number of hydrogen-bond acceptors (Lipinski definition) is 4. The third kappa shape index (κ3) is 28.3. The summed E-state index contributed by atoms with van der Waals surface area (Å²) in [5.41, 5.74) is 0. The normalized spacial score (nSPS) is 6.36. The fourth-order valence-electron chi connectivity index (χ4n) is 0.222. The van der Waals surface area contributed by atoms with Crippen molar-refractivity contribution in [2.24, 2.45) is 9.98 Å². The molecule has 0 radical (unpaired) electrons. The van der Waals surface area contributed by atoms with Gasteiger partial charge in [0.15, 0.2) is 0 Å². The molecule has 0 saturated carbocycles. The van der Waals surface area contributed by atoms with Gasteiger partial charge in [0, 0.05) is 6.54 Å². The summed E-state index contributed by atoms with van der Waals surface area (Å²) in [7, 11) is 0. The van der Waals surface area contributed by atoms with Gasteiger partial charge < -0.3 is 0 Å². The molecule has 0 amide bonds. The van der Waals surface area contributed by atoms with Crippen LogP contribution < -0.4 is 0 Å². The highest BCUT2D eigenvalue weighted by atomic mass is 16.1. The summed E-state index contributed by atoms with van der Waals surface area (Å²) in [6, 6.07) is 0. The Morgan fingerprint density at radius 3 is 1.73 bits per heavy atom. The van der Waals surface area contributed by atoms with Gasteiger partial charge in [-0.1, -0.05) is 6.92 Å². The predicted octanol–water partition coefficient (Wildman–Crippen LogP) is 1.07. The van der Waals surface area contributed by atoms with Crippen LogP contribution in [-0.4, -0.2) is 25.2 Å². The number of carbonyl (C=O) groups excluding carboxylic acids is 2. The van der Waals surface area contributed by atoms with Crippen LogP contribution in [-0.2, 0) is 9.59 Å². The first kappa shape index (κ1) is 12.4. The van der Waals surface area contributed by atoms with Gasteiger partial charge >= 0.3 is 0 Å². The van der Waals surface area contributed by atoms with Crippen molar-refractivity contribution < 1.29 is 9.59 Å². The van der Waals surface area contributed by atoms with Crippen molar-refractivity contribution in [2.45, 2.75) is 20.3 Å². The molecule has 0 aliphatic rings. The molecule has 0 spiro atoms. The van der Waals surface area contributed by atoms with Crippen LogP contribution in [0.15, 0.2) is 9.98 Å². The molecule has 0 fully saturated rings. The zero-order valence-corrected chi connectivity index (χ0v) is 6.83. The summed E-state index contributed by atoms with van der Waals surface area (Å²) < 4.78 is 0. The van der Waals surface area contributed by atoms with Crippen molar-refractivity contribution in [3.05, 3.63) is 0 Å². The summed E-state index contributed by atoms with van der Waals surface area (Å²) in [5, 5.41) is 0. The Morgan fingerprint density at radius 1 is 1.09 bits per heavy atom. The lowest BCUT2D eigenvalue weighted by Crippen LogP contribution is -1.69. The topological polar surface area (TPSA) is 58.9 Å². The van der Waals surface area contributed by atoms with E-state index in [0.29, 0.717) is 13.1 Å². The Labute approximate surface area is 66.0 Å². The van der Waals surface area contributed by atoms with Gasteiger partial charge in [0.05, 0.1) is 6.54 Å². The van der Waals surface area contributed by atoms with E-state index < -0.39 is 0 Å². The Morgan fingerprint density at radius 2 is 1.64 bits per heavy atom. The van der Waals surface area contributed by atoms with Gasteiger partial charge in [-0.05, 0) is 13.3 Å². The summed E-state index contributed by atoms with van der Waals surface area (Å²) in [5.74, 6) is 0. The molecule has 0 aliphatic heterocycles. The summed E-state index contributed by atoms with van der Waals surface area (Å²) in [6.07, 6.45) is 3.76. The monoisotopic (exact) mass is 156 g/mol. The van der Waals surface area contributed by atoms with Gasteiger partial charge in [0.25, 0.3) is 0 Å². The molecular weight excluding hydrogens is 144 g/mol. The maximum absolute atomic E-state index is 9.27. The Hall–Kier alpha value is -1.24. The molecule has 0 aromatic carbocycles. The van der Waals surface area contributed by atoms with Crippen LogP contribution in [0.1, 0.15) is 20.3 Å². The fourth-order valence-corrected chi connectivity index (χ4v) is 0.222. The largest absolute Gasteiger partial charge is 0.234 e. The van der Waals surface area contributed by atoms with Crippen molar-refractivity contribution in [3.8, 4) is 0 Å². The Balaban J connectivity index is 0. The Kier molecular flexibility index (Phi) is 18.0. The van der Waals surface area contributed by atoms with E-state index in [9.17, 15) is 4.79 Å². The van der Waals surface area contributed by atoms with Crippen LogP contribution in [0.5, 0.6) is 0 Å². The molecule has 0 aliphatic carbocycles. The van der Waals surface area contributed by atoms with Crippen LogP contribution >= 0.6 is 0 Å². The second-order valence-corrected chi connectivity index (χ2v) is 1.54. The maximum Gasteiger partial charge on any atom is 0.234 e. The highest BCUT2D eigenvalue weighted by Gasteiger charge is 1.66. The van der Waals surface area contributed by atoms with E-state index in [-0.39, 0.29) is 0 Å². The first-order chi connectivity index (χ1) is 5.33. The standard InChI is InChI=1S/C4H7NO.C3H5NO/c1-2-3-5-4-6;1-2-4-3-5/h2-3H2,1H3;2H2,1H3. The van der Waals surface area contributed by atoms with E-state index in [4.69, 9.17) is 4.79 Å². The molecule has 0 rings (SSSR count). The third-order valence-corrected chi connectivity index (χ3v) is 0.623. The van der Waals surface area contributed by atoms with Crippen LogP contribution in [0.2, 0.25) is 0 Å². The van der Waals surface area contributed by atoms with Crippen molar-refractivity contribution in [1.82, 2.24) is 0 Å². The lowest BCUT2D eigenvalue weighted by molar-refractivity contribution is 0.562. The number of aliphatic imine (C=N–C) groups is 2. The van der Waals surface area contributed by atoms with Gasteiger partial charge in [0.2, 0.25) is 12.2 Å². The maximum atomic E-state index is 9.27. The van der Waals surface area contributed by atoms with Crippen LogP contribution in [0.25, 0.3) is 0 Å². The number of nitrogens with zero attached hydrogens (tertiary/aromatic N) is 2. The third-order valence-electron chi connectivity index (χ3n) is 0.623. The number of hydrogen-bond donors (Lipinski definition) is 0. The minimum atomic E-state index is 0.545. The highest BCUT2D eigenvalue weighted by molar-refractivity contribution is 5.32. The van der Waals surface area contributed by atoms with E-state index in [2.05, 4.69) is 9.98 Å². The van der Waals surface area contributed by atoms with Crippen LogP contribution in [0, 0.1) is 0 Å². The first-order valence-electron chi connectivity index (χ1n) is 3.40. The molecule has 11 heavy (non-hydrogen) atoms. The minimum Gasteiger partial charge on any atom is -0.211 e. The molecule has 4 heteroatoms. The first-order valence-corrected chi connectivity index (χ1v) is 3.40. The molecule has 0 aromatic rings. The summed E-state index contributed by atoms with van der Waals surface area (Å²) in [4.78, 5) is 24.8. The molecule has 0 heterocycles. The van der Waals surface area contributed by atoms with E-state index in [1.54, 1.807) is 6.92 Å².